The van der Waals surface area contributed by atoms with Crippen molar-refractivity contribution in [1.29, 1.82) is 0 Å². The molecule has 2 rings (SSSR count). The Morgan fingerprint density at radius 2 is 2.04 bits per heavy atom. The van der Waals surface area contributed by atoms with Gasteiger partial charge < -0.3 is 26.2 Å². The Morgan fingerprint density at radius 1 is 1.25 bits per heavy atom. The summed E-state index contributed by atoms with van der Waals surface area (Å²) in [5.41, 5.74) is 9.98. The summed E-state index contributed by atoms with van der Waals surface area (Å²) in [6.07, 6.45) is 3.27. The van der Waals surface area contributed by atoms with Crippen molar-refractivity contribution < 1.29 is 9.84 Å². The highest BCUT2D eigenvalue weighted by Crippen LogP contribution is 2.28. The lowest BCUT2D eigenvalue weighted by molar-refractivity contribution is 0.276. The number of aliphatic hydroxyl groups excluding tert-OH is 1. The Hall–Kier alpha value is -2.38. The topological polar surface area (TPSA) is 105 Å². The summed E-state index contributed by atoms with van der Waals surface area (Å²) < 4.78 is 5.62. The van der Waals surface area contributed by atoms with Crippen LogP contribution in [0.25, 0.3) is 0 Å². The lowest BCUT2D eigenvalue weighted by Gasteiger charge is -2.21. The second-order valence-corrected chi connectivity index (χ2v) is 6.99. The van der Waals surface area contributed by atoms with Crippen LogP contribution in [0, 0.1) is 6.92 Å². The van der Waals surface area contributed by atoms with Gasteiger partial charge in [-0.1, -0.05) is 25.5 Å². The molecule has 0 aliphatic heterocycles. The standard InChI is InChI=1S/C21H33N5O2/c1-5-6-17(9-10-27)25-20-18(14(2)24-21(22)26-20)12-16-8-7-15(13-23-3)11-19(16)28-4/h7-8,11,17,23,27H,5-6,9-10,12-13H2,1-4H3,(H3,22,24,25,26)/t17-/m0/s1. The zero-order valence-electron chi connectivity index (χ0n) is 17.4. The summed E-state index contributed by atoms with van der Waals surface area (Å²) in [6.45, 7) is 4.99. The van der Waals surface area contributed by atoms with Crippen molar-refractivity contribution in [2.24, 2.45) is 0 Å². The van der Waals surface area contributed by atoms with Crippen LogP contribution in [-0.2, 0) is 13.0 Å². The van der Waals surface area contributed by atoms with Crippen LogP contribution in [0.4, 0.5) is 11.8 Å². The highest BCUT2D eigenvalue weighted by Gasteiger charge is 2.17. The average Bonchev–Trinajstić information content (AvgIpc) is 2.66. The molecule has 2 aromatic rings. The van der Waals surface area contributed by atoms with Crippen LogP contribution < -0.4 is 21.1 Å². The maximum Gasteiger partial charge on any atom is 0.222 e. The molecule has 0 radical (unpaired) electrons. The molecule has 0 aliphatic rings. The lowest BCUT2D eigenvalue weighted by Crippen LogP contribution is -2.23. The molecule has 154 valence electrons. The molecule has 0 saturated carbocycles. The smallest absolute Gasteiger partial charge is 0.222 e. The number of benzene rings is 1. The number of anilines is 2. The molecule has 0 fully saturated rings. The molecule has 7 nitrogen and oxygen atoms in total. The summed E-state index contributed by atoms with van der Waals surface area (Å²) in [5, 5.41) is 16.0. The Bertz CT molecular complexity index is 761. The zero-order chi connectivity index (χ0) is 20.5. The van der Waals surface area contributed by atoms with Crippen LogP contribution in [0.1, 0.15) is 48.6 Å². The van der Waals surface area contributed by atoms with Crippen LogP contribution in [0.15, 0.2) is 18.2 Å². The largest absolute Gasteiger partial charge is 0.496 e. The Morgan fingerprint density at radius 3 is 2.68 bits per heavy atom. The van der Waals surface area contributed by atoms with E-state index in [4.69, 9.17) is 10.5 Å². The monoisotopic (exact) mass is 387 g/mol. The third-order valence-electron chi connectivity index (χ3n) is 4.79. The first-order chi connectivity index (χ1) is 13.5. The molecule has 5 N–H and O–H groups in total. The van der Waals surface area contributed by atoms with Crippen molar-refractivity contribution in [3.63, 3.8) is 0 Å². The molecule has 0 saturated heterocycles. The van der Waals surface area contributed by atoms with Gasteiger partial charge in [0.15, 0.2) is 0 Å². The lowest BCUT2D eigenvalue weighted by atomic mass is 10.0. The van der Waals surface area contributed by atoms with Gasteiger partial charge >= 0.3 is 0 Å². The van der Waals surface area contributed by atoms with Gasteiger partial charge in [-0.2, -0.15) is 4.98 Å². The van der Waals surface area contributed by atoms with Gasteiger partial charge in [0.25, 0.3) is 0 Å². The van der Waals surface area contributed by atoms with Gasteiger partial charge in [0.05, 0.1) is 7.11 Å². The summed E-state index contributed by atoms with van der Waals surface area (Å²) in [7, 11) is 3.61. The summed E-state index contributed by atoms with van der Waals surface area (Å²) in [6, 6.07) is 6.38. The minimum atomic E-state index is 0.132. The number of nitrogens with two attached hydrogens (primary N) is 1. The van der Waals surface area contributed by atoms with E-state index in [-0.39, 0.29) is 18.6 Å². The Labute approximate surface area is 167 Å². The fraction of sp³-hybridized carbons (Fsp3) is 0.524. The van der Waals surface area contributed by atoms with Crippen molar-refractivity contribution in [2.45, 2.75) is 52.1 Å². The SMILES string of the molecule is CCC[C@@H](CCO)Nc1nc(N)nc(C)c1Cc1ccc(CNC)cc1OC. The van der Waals surface area contributed by atoms with E-state index in [0.717, 1.165) is 53.3 Å². The number of aryl methyl sites for hydroxylation is 1. The van der Waals surface area contributed by atoms with Gasteiger partial charge in [-0.3, -0.25) is 0 Å². The van der Waals surface area contributed by atoms with Crippen molar-refractivity contribution in [1.82, 2.24) is 15.3 Å². The van der Waals surface area contributed by atoms with Crippen molar-refractivity contribution in [3.8, 4) is 5.75 Å². The first kappa shape index (κ1) is 21.9. The molecule has 1 atom stereocenters. The van der Waals surface area contributed by atoms with Crippen LogP contribution in [-0.4, -0.2) is 41.9 Å². The van der Waals surface area contributed by atoms with Gasteiger partial charge in [-0.05, 0) is 44.0 Å². The predicted molar refractivity (Wildman–Crippen MR) is 114 cm³/mol. The van der Waals surface area contributed by atoms with Gasteiger partial charge in [0.2, 0.25) is 5.95 Å². The summed E-state index contributed by atoms with van der Waals surface area (Å²) >= 11 is 0. The van der Waals surface area contributed by atoms with Crippen molar-refractivity contribution in [3.05, 3.63) is 40.6 Å². The first-order valence-corrected chi connectivity index (χ1v) is 9.83. The molecule has 28 heavy (non-hydrogen) atoms. The molecule has 1 aromatic heterocycles. The number of rotatable bonds is 11. The summed E-state index contributed by atoms with van der Waals surface area (Å²) in [5.74, 6) is 1.83. The van der Waals surface area contributed by atoms with Crippen LogP contribution >= 0.6 is 0 Å². The fourth-order valence-electron chi connectivity index (χ4n) is 3.37. The number of ether oxygens (including phenoxy) is 1. The van der Waals surface area contributed by atoms with Gasteiger partial charge in [0, 0.05) is 36.9 Å². The number of hydrogen-bond acceptors (Lipinski definition) is 7. The third kappa shape index (κ3) is 5.81. The van der Waals surface area contributed by atoms with Crippen molar-refractivity contribution in [2.75, 3.05) is 31.8 Å². The molecule has 0 bridgehead atoms. The fourth-order valence-corrected chi connectivity index (χ4v) is 3.37. The molecular formula is C21H33N5O2. The number of nitrogens with zero attached hydrogens (tertiary/aromatic N) is 2. The molecule has 0 amide bonds. The quantitative estimate of drug-likeness (QED) is 0.470. The number of hydrogen-bond donors (Lipinski definition) is 4. The highest BCUT2D eigenvalue weighted by atomic mass is 16.5. The van der Waals surface area contributed by atoms with Crippen molar-refractivity contribution >= 4 is 11.8 Å². The van der Waals surface area contributed by atoms with E-state index in [2.05, 4.69) is 45.7 Å². The van der Waals surface area contributed by atoms with E-state index in [1.165, 1.54) is 0 Å². The van der Waals surface area contributed by atoms with Gasteiger partial charge in [-0.25, -0.2) is 4.98 Å². The minimum absolute atomic E-state index is 0.132. The molecule has 7 heteroatoms. The number of nitrogen functional groups attached to an aromatic ring is 1. The van der Waals surface area contributed by atoms with Gasteiger partial charge in [-0.15, -0.1) is 0 Å². The maximum atomic E-state index is 9.37. The first-order valence-electron chi connectivity index (χ1n) is 9.83. The van der Waals surface area contributed by atoms with E-state index in [1.54, 1.807) is 7.11 Å². The van der Waals surface area contributed by atoms with Crippen LogP contribution in [0.5, 0.6) is 5.75 Å². The van der Waals surface area contributed by atoms with E-state index in [0.29, 0.717) is 12.8 Å². The third-order valence-corrected chi connectivity index (χ3v) is 4.79. The maximum absolute atomic E-state index is 9.37. The van der Waals surface area contributed by atoms with E-state index >= 15 is 0 Å². The zero-order valence-corrected chi connectivity index (χ0v) is 17.4. The number of aromatic nitrogens is 2. The predicted octanol–water partition coefficient (Wildman–Crippen LogP) is 2.65. The van der Waals surface area contributed by atoms with E-state index in [1.807, 2.05) is 14.0 Å². The number of methoxy groups -OCH3 is 1. The molecule has 1 aromatic carbocycles. The molecular weight excluding hydrogens is 354 g/mol. The molecule has 0 spiro atoms. The Balaban J connectivity index is 2.37. The van der Waals surface area contributed by atoms with Gasteiger partial charge in [0.1, 0.15) is 11.6 Å². The van der Waals surface area contributed by atoms with E-state index < -0.39 is 0 Å². The molecule has 0 unspecified atom stereocenters. The molecule has 1 heterocycles. The highest BCUT2D eigenvalue weighted by molar-refractivity contribution is 5.53. The number of aliphatic hydroxyl groups is 1. The number of nitrogens with one attached hydrogen (secondary N) is 2. The van der Waals surface area contributed by atoms with Crippen LogP contribution in [0.2, 0.25) is 0 Å². The van der Waals surface area contributed by atoms with Crippen LogP contribution in [0.3, 0.4) is 0 Å². The van der Waals surface area contributed by atoms with E-state index in [9.17, 15) is 5.11 Å². The summed E-state index contributed by atoms with van der Waals surface area (Å²) in [4.78, 5) is 8.82. The second kappa shape index (κ2) is 10.8. The second-order valence-electron chi connectivity index (χ2n) is 6.99. The average molecular weight is 388 g/mol. The molecule has 0 aliphatic carbocycles. The normalized spacial score (nSPS) is 12.0. The minimum Gasteiger partial charge on any atom is -0.496 e. The Kier molecular flexibility index (Phi) is 8.47.